The molecule has 6 nitrogen and oxygen atoms in total. The molecule has 4 aromatic rings. The number of pyridine rings is 1. The molecule has 0 spiro atoms. The van der Waals surface area contributed by atoms with Crippen molar-refractivity contribution in [2.24, 2.45) is 0 Å². The van der Waals surface area contributed by atoms with Crippen molar-refractivity contribution in [3.8, 4) is 0 Å². The number of nitrogens with zero attached hydrogens (tertiary/aromatic N) is 2. The third kappa shape index (κ3) is 3.86. The van der Waals surface area contributed by atoms with Gasteiger partial charge in [0, 0.05) is 29.8 Å². The average molecular weight is 464 g/mol. The minimum absolute atomic E-state index is 0.152. The van der Waals surface area contributed by atoms with Crippen LogP contribution in [-0.4, -0.2) is 18.6 Å². The molecular weight excluding hydrogens is 448 g/mol. The quantitative estimate of drug-likeness (QED) is 0.409. The Hall–Kier alpha value is -3.04. The van der Waals surface area contributed by atoms with E-state index in [9.17, 15) is 17.2 Å². The first-order chi connectivity index (χ1) is 14.7. The molecule has 2 aromatic carbocycles. The van der Waals surface area contributed by atoms with Gasteiger partial charge in [0.25, 0.3) is 0 Å². The minimum Gasteiger partial charge on any atom is -0.379 e. The van der Waals surface area contributed by atoms with Crippen LogP contribution in [0.25, 0.3) is 10.9 Å². The van der Waals surface area contributed by atoms with Gasteiger partial charge < -0.3 is 9.84 Å². The molecule has 0 unspecified atom stereocenters. The van der Waals surface area contributed by atoms with Crippen LogP contribution in [-0.2, 0) is 16.4 Å². The summed E-state index contributed by atoms with van der Waals surface area (Å²) in [4.78, 5) is 3.77. The molecule has 0 atom stereocenters. The number of anilines is 1. The molecule has 31 heavy (non-hydrogen) atoms. The molecule has 1 N–H and O–H groups in total. The lowest BCUT2D eigenvalue weighted by Gasteiger charge is -2.15. The summed E-state index contributed by atoms with van der Waals surface area (Å²) in [7, 11) is -4.13. The predicted octanol–water partition coefficient (Wildman–Crippen LogP) is 5.22. The van der Waals surface area contributed by atoms with Crippen molar-refractivity contribution in [2.75, 3.05) is 5.32 Å². The highest BCUT2D eigenvalue weighted by atomic mass is 35.5. The van der Waals surface area contributed by atoms with Crippen LogP contribution in [0.2, 0.25) is 5.02 Å². The molecule has 2 aromatic heterocycles. The summed E-state index contributed by atoms with van der Waals surface area (Å²) in [6, 6.07) is 7.03. The van der Waals surface area contributed by atoms with Crippen LogP contribution in [0.15, 0.2) is 56.9 Å². The second-order valence-electron chi connectivity index (χ2n) is 6.89. The molecule has 0 fully saturated rings. The highest BCUT2D eigenvalue weighted by Crippen LogP contribution is 2.35. The predicted molar refractivity (Wildman–Crippen MR) is 112 cm³/mol. The van der Waals surface area contributed by atoms with Gasteiger partial charge in [-0.25, -0.2) is 17.2 Å². The molecule has 160 valence electrons. The highest BCUT2D eigenvalue weighted by molar-refractivity contribution is 7.91. The SMILES string of the molecule is Cc1noc(C)c1CNc1c(S(=O)(=O)c2ccc(F)c(Cl)c2)cnc2cc(F)ccc12. The number of hydrogen-bond donors (Lipinski definition) is 1. The lowest BCUT2D eigenvalue weighted by atomic mass is 10.1. The molecule has 0 aliphatic rings. The van der Waals surface area contributed by atoms with Crippen molar-refractivity contribution in [1.82, 2.24) is 10.1 Å². The van der Waals surface area contributed by atoms with Crippen LogP contribution < -0.4 is 5.32 Å². The number of fused-ring (bicyclic) bond motifs is 1. The summed E-state index contributed by atoms with van der Waals surface area (Å²) in [6.45, 7) is 3.73. The van der Waals surface area contributed by atoms with Crippen molar-refractivity contribution in [3.05, 3.63) is 76.3 Å². The number of rotatable bonds is 5. The summed E-state index contributed by atoms with van der Waals surface area (Å²) in [5.41, 5.74) is 1.92. The first kappa shape index (κ1) is 21.2. The average Bonchev–Trinajstić information content (AvgIpc) is 3.05. The van der Waals surface area contributed by atoms with E-state index in [1.165, 1.54) is 18.2 Å². The number of benzene rings is 2. The third-order valence-electron chi connectivity index (χ3n) is 4.91. The molecule has 0 radical (unpaired) electrons. The molecule has 0 saturated carbocycles. The van der Waals surface area contributed by atoms with Gasteiger partial charge in [-0.15, -0.1) is 0 Å². The topological polar surface area (TPSA) is 85.1 Å². The molecule has 0 aliphatic carbocycles. The number of halogens is 3. The van der Waals surface area contributed by atoms with E-state index in [4.69, 9.17) is 16.1 Å². The van der Waals surface area contributed by atoms with E-state index in [-0.39, 0.29) is 32.6 Å². The van der Waals surface area contributed by atoms with Crippen LogP contribution >= 0.6 is 11.6 Å². The monoisotopic (exact) mass is 463 g/mol. The highest BCUT2D eigenvalue weighted by Gasteiger charge is 2.25. The van der Waals surface area contributed by atoms with Gasteiger partial charge in [-0.3, -0.25) is 4.98 Å². The molecular formula is C21H16ClF2N3O3S. The number of hydrogen-bond acceptors (Lipinski definition) is 6. The van der Waals surface area contributed by atoms with Gasteiger partial charge in [-0.2, -0.15) is 0 Å². The second-order valence-corrected chi connectivity index (χ2v) is 9.22. The summed E-state index contributed by atoms with van der Waals surface area (Å²) >= 11 is 5.79. The van der Waals surface area contributed by atoms with Crippen molar-refractivity contribution in [3.63, 3.8) is 0 Å². The van der Waals surface area contributed by atoms with Gasteiger partial charge in [0.1, 0.15) is 22.3 Å². The molecule has 10 heteroatoms. The fraction of sp³-hybridized carbons (Fsp3) is 0.143. The van der Waals surface area contributed by atoms with Crippen LogP contribution in [0.4, 0.5) is 14.5 Å². The Labute approximate surface area is 181 Å². The van der Waals surface area contributed by atoms with E-state index in [1.807, 2.05) is 0 Å². The third-order valence-corrected chi connectivity index (χ3v) is 6.96. The maximum absolute atomic E-state index is 13.7. The lowest BCUT2D eigenvalue weighted by molar-refractivity contribution is 0.392. The second kappa shape index (κ2) is 7.90. The maximum Gasteiger partial charge on any atom is 0.210 e. The van der Waals surface area contributed by atoms with Gasteiger partial charge >= 0.3 is 0 Å². The van der Waals surface area contributed by atoms with Gasteiger partial charge in [0.2, 0.25) is 9.84 Å². The standard InChI is InChI=1S/C21H16ClF2N3O3S/c1-11-16(12(2)30-27-11)9-26-21-15-5-3-13(23)7-19(15)25-10-20(21)31(28,29)14-4-6-18(24)17(22)8-14/h3-8,10H,9H2,1-2H3,(H,25,26). The summed E-state index contributed by atoms with van der Waals surface area (Å²) < 4.78 is 59.2. The van der Waals surface area contributed by atoms with E-state index in [2.05, 4.69) is 15.5 Å². The van der Waals surface area contributed by atoms with E-state index in [1.54, 1.807) is 13.8 Å². The van der Waals surface area contributed by atoms with Crippen LogP contribution in [0.1, 0.15) is 17.0 Å². The summed E-state index contributed by atoms with van der Waals surface area (Å²) in [5.74, 6) is -0.647. The molecule has 4 rings (SSSR count). The fourth-order valence-electron chi connectivity index (χ4n) is 3.24. The zero-order chi connectivity index (χ0) is 22.3. The van der Waals surface area contributed by atoms with Crippen molar-refractivity contribution >= 4 is 38.0 Å². The van der Waals surface area contributed by atoms with E-state index >= 15 is 0 Å². The fourth-order valence-corrected chi connectivity index (χ4v) is 4.90. The Balaban J connectivity index is 1.89. The van der Waals surface area contributed by atoms with Gasteiger partial charge in [-0.05, 0) is 44.2 Å². The maximum atomic E-state index is 13.7. The first-order valence-corrected chi connectivity index (χ1v) is 11.0. The zero-order valence-electron chi connectivity index (χ0n) is 16.4. The van der Waals surface area contributed by atoms with Crippen molar-refractivity contribution in [1.29, 1.82) is 0 Å². The molecule has 0 saturated heterocycles. The van der Waals surface area contributed by atoms with Gasteiger partial charge in [-0.1, -0.05) is 16.8 Å². The zero-order valence-corrected chi connectivity index (χ0v) is 18.0. The van der Waals surface area contributed by atoms with Crippen LogP contribution in [0.3, 0.4) is 0 Å². The number of nitrogens with one attached hydrogen (secondary N) is 1. The van der Waals surface area contributed by atoms with Gasteiger partial charge in [0.05, 0.1) is 26.8 Å². The molecule has 0 aliphatic heterocycles. The number of aryl methyl sites for hydroxylation is 2. The van der Waals surface area contributed by atoms with E-state index in [0.29, 0.717) is 16.8 Å². The van der Waals surface area contributed by atoms with Crippen LogP contribution in [0.5, 0.6) is 0 Å². The normalized spacial score (nSPS) is 11.8. The smallest absolute Gasteiger partial charge is 0.210 e. The molecule has 0 bridgehead atoms. The van der Waals surface area contributed by atoms with Crippen LogP contribution in [0, 0.1) is 25.5 Å². The lowest BCUT2D eigenvalue weighted by Crippen LogP contribution is -2.10. The van der Waals surface area contributed by atoms with E-state index in [0.717, 1.165) is 30.0 Å². The Morgan fingerprint density at radius 2 is 1.90 bits per heavy atom. The molecule has 0 amide bonds. The first-order valence-electron chi connectivity index (χ1n) is 9.12. The number of sulfone groups is 1. The Morgan fingerprint density at radius 3 is 2.58 bits per heavy atom. The summed E-state index contributed by atoms with van der Waals surface area (Å²) in [6.07, 6.45) is 1.14. The minimum atomic E-state index is -4.13. The largest absolute Gasteiger partial charge is 0.379 e. The van der Waals surface area contributed by atoms with Crippen molar-refractivity contribution in [2.45, 2.75) is 30.2 Å². The van der Waals surface area contributed by atoms with Crippen molar-refractivity contribution < 1.29 is 21.7 Å². The Kier molecular flexibility index (Phi) is 5.40. The summed E-state index contributed by atoms with van der Waals surface area (Å²) in [5, 5.41) is 7.09. The Morgan fingerprint density at radius 1 is 1.13 bits per heavy atom. The Bertz CT molecular complexity index is 1400. The molecule has 2 heterocycles. The van der Waals surface area contributed by atoms with Gasteiger partial charge in [0.15, 0.2) is 0 Å². The van der Waals surface area contributed by atoms with E-state index < -0.39 is 21.5 Å². The number of aromatic nitrogens is 2.